The highest BCUT2D eigenvalue weighted by atomic mass is 16.2. The van der Waals surface area contributed by atoms with Crippen LogP contribution in [0.4, 0.5) is 0 Å². The highest BCUT2D eigenvalue weighted by Crippen LogP contribution is 2.37. The molecule has 1 fully saturated rings. The van der Waals surface area contributed by atoms with Gasteiger partial charge in [0.15, 0.2) is 0 Å². The van der Waals surface area contributed by atoms with Crippen molar-refractivity contribution in [2.24, 2.45) is 11.8 Å². The van der Waals surface area contributed by atoms with Crippen LogP contribution in [-0.2, 0) is 11.3 Å². The number of amides is 1. The second-order valence-electron chi connectivity index (χ2n) is 11.6. The number of imidazole rings is 1. The van der Waals surface area contributed by atoms with Gasteiger partial charge in [-0.2, -0.15) is 0 Å². The largest absolute Gasteiger partial charge is 0.342 e. The Bertz CT molecular complexity index is 1410. The van der Waals surface area contributed by atoms with Crippen molar-refractivity contribution in [2.75, 3.05) is 6.54 Å². The summed E-state index contributed by atoms with van der Waals surface area (Å²) in [7, 11) is 0. The van der Waals surface area contributed by atoms with Crippen molar-refractivity contribution >= 4 is 16.9 Å². The number of aryl methyl sites for hydroxylation is 2. The second-order valence-corrected chi connectivity index (χ2v) is 11.6. The molecule has 3 unspecified atom stereocenters. The monoisotopic (exact) mass is 521 g/mol. The van der Waals surface area contributed by atoms with Gasteiger partial charge in [0.05, 0.1) is 11.0 Å². The molecule has 4 heteroatoms. The number of rotatable bonds is 8. The SMILES string of the molecule is CCCN(Cc1cc(-c2ccc3nc(C)[nH]c3c2)ccc1C)C(=O)C(C)C1CCCC(c2ccccc2)CC1. The lowest BCUT2D eigenvalue weighted by molar-refractivity contribution is -0.137. The maximum atomic E-state index is 13.9. The third-order valence-electron chi connectivity index (χ3n) is 8.83. The smallest absolute Gasteiger partial charge is 0.225 e. The first-order valence-electron chi connectivity index (χ1n) is 14.8. The molecule has 3 atom stereocenters. The number of nitrogens with one attached hydrogen (secondary N) is 1. The Morgan fingerprint density at radius 2 is 1.74 bits per heavy atom. The zero-order chi connectivity index (χ0) is 27.4. The lowest BCUT2D eigenvalue weighted by Gasteiger charge is -2.30. The van der Waals surface area contributed by atoms with Crippen LogP contribution in [0.2, 0.25) is 0 Å². The van der Waals surface area contributed by atoms with Gasteiger partial charge in [-0.05, 0) is 104 Å². The Labute approximate surface area is 233 Å². The van der Waals surface area contributed by atoms with Gasteiger partial charge in [-0.25, -0.2) is 4.98 Å². The van der Waals surface area contributed by atoms with Crippen LogP contribution in [0.25, 0.3) is 22.2 Å². The fourth-order valence-electron chi connectivity index (χ4n) is 6.46. The van der Waals surface area contributed by atoms with Crippen LogP contribution in [-0.4, -0.2) is 27.3 Å². The zero-order valence-electron chi connectivity index (χ0n) is 24.0. The first kappa shape index (κ1) is 27.2. The minimum atomic E-state index is 0.0561. The van der Waals surface area contributed by atoms with Gasteiger partial charge in [0.1, 0.15) is 5.82 Å². The highest BCUT2D eigenvalue weighted by Gasteiger charge is 2.30. The summed E-state index contributed by atoms with van der Waals surface area (Å²) >= 11 is 0. The predicted octanol–water partition coefficient (Wildman–Crippen LogP) is 8.59. The first-order chi connectivity index (χ1) is 18.9. The fraction of sp³-hybridized carbons (Fsp3) is 0.429. The zero-order valence-corrected chi connectivity index (χ0v) is 24.0. The molecule has 3 aromatic carbocycles. The third-order valence-corrected chi connectivity index (χ3v) is 8.83. The normalized spacial score (nSPS) is 18.6. The van der Waals surface area contributed by atoms with Crippen molar-refractivity contribution in [2.45, 2.75) is 78.7 Å². The first-order valence-corrected chi connectivity index (χ1v) is 14.8. The summed E-state index contributed by atoms with van der Waals surface area (Å²) in [5.74, 6) is 2.39. The van der Waals surface area contributed by atoms with E-state index in [0.717, 1.165) is 42.7 Å². The van der Waals surface area contributed by atoms with E-state index < -0.39 is 0 Å². The molecule has 0 spiro atoms. The Morgan fingerprint density at radius 3 is 2.54 bits per heavy atom. The van der Waals surface area contributed by atoms with Crippen molar-refractivity contribution in [3.05, 3.63) is 89.2 Å². The standard InChI is InChI=1S/C35H43N3O/c1-5-20-38(35(39)25(3)27-12-9-13-29(17-16-27)28-10-7-6-8-11-28)23-32-21-30(15-14-24(32)2)31-18-19-33-34(22-31)37-26(4)36-33/h6-8,10-11,14-15,18-19,21-22,25,27,29H,5,9,12-13,16-17,20,23H2,1-4H3,(H,36,37). The molecule has 0 aliphatic heterocycles. The van der Waals surface area contributed by atoms with Gasteiger partial charge in [-0.1, -0.05) is 68.8 Å². The van der Waals surface area contributed by atoms with E-state index in [1.807, 2.05) is 6.92 Å². The molecule has 1 aliphatic carbocycles. The number of hydrogen-bond donors (Lipinski definition) is 1. The Morgan fingerprint density at radius 1 is 0.974 bits per heavy atom. The van der Waals surface area contributed by atoms with Gasteiger partial charge < -0.3 is 9.88 Å². The van der Waals surface area contributed by atoms with E-state index in [0.29, 0.717) is 24.3 Å². The molecule has 1 aromatic heterocycles. The van der Waals surface area contributed by atoms with E-state index in [1.54, 1.807) is 0 Å². The molecule has 1 heterocycles. The van der Waals surface area contributed by atoms with Gasteiger partial charge in [0, 0.05) is 19.0 Å². The van der Waals surface area contributed by atoms with Crippen LogP contribution < -0.4 is 0 Å². The molecule has 0 radical (unpaired) electrons. The molecule has 4 nitrogen and oxygen atoms in total. The average molecular weight is 522 g/mol. The van der Waals surface area contributed by atoms with Crippen molar-refractivity contribution in [3.8, 4) is 11.1 Å². The summed E-state index contributed by atoms with van der Waals surface area (Å²) in [4.78, 5) is 23.9. The minimum absolute atomic E-state index is 0.0561. The van der Waals surface area contributed by atoms with Crippen LogP contribution in [0.15, 0.2) is 66.7 Å². The summed E-state index contributed by atoms with van der Waals surface area (Å²) in [6.07, 6.45) is 6.87. The number of hydrogen-bond acceptors (Lipinski definition) is 2. The number of carbonyl (C=O) groups excluding carboxylic acids is 1. The van der Waals surface area contributed by atoms with Crippen molar-refractivity contribution in [3.63, 3.8) is 0 Å². The fourth-order valence-corrected chi connectivity index (χ4v) is 6.46. The molecule has 5 rings (SSSR count). The van der Waals surface area contributed by atoms with Crippen LogP contribution in [0.1, 0.15) is 80.8 Å². The molecular formula is C35H43N3O. The number of fused-ring (bicyclic) bond motifs is 1. The molecule has 1 N–H and O–H groups in total. The van der Waals surface area contributed by atoms with Gasteiger partial charge in [0.2, 0.25) is 5.91 Å². The molecule has 0 saturated heterocycles. The lowest BCUT2D eigenvalue weighted by atomic mass is 9.85. The highest BCUT2D eigenvalue weighted by molar-refractivity contribution is 5.82. The Kier molecular flexibility index (Phi) is 8.50. The van der Waals surface area contributed by atoms with Crippen LogP contribution in [0.3, 0.4) is 0 Å². The molecular weight excluding hydrogens is 478 g/mol. The van der Waals surface area contributed by atoms with E-state index in [2.05, 4.69) is 102 Å². The molecule has 204 valence electrons. The predicted molar refractivity (Wildman–Crippen MR) is 162 cm³/mol. The summed E-state index contributed by atoms with van der Waals surface area (Å²) < 4.78 is 0. The summed E-state index contributed by atoms with van der Waals surface area (Å²) in [6, 6.07) is 24.0. The van der Waals surface area contributed by atoms with Crippen molar-refractivity contribution < 1.29 is 4.79 Å². The van der Waals surface area contributed by atoms with E-state index >= 15 is 0 Å². The van der Waals surface area contributed by atoms with Gasteiger partial charge >= 0.3 is 0 Å². The minimum Gasteiger partial charge on any atom is -0.342 e. The van der Waals surface area contributed by atoms with Gasteiger partial charge in [-0.15, -0.1) is 0 Å². The molecule has 4 aromatic rings. The van der Waals surface area contributed by atoms with Gasteiger partial charge in [-0.3, -0.25) is 4.79 Å². The number of nitrogens with zero attached hydrogens (tertiary/aromatic N) is 2. The number of benzene rings is 3. The second kappa shape index (κ2) is 12.2. The number of aromatic nitrogens is 2. The van der Waals surface area contributed by atoms with Crippen LogP contribution >= 0.6 is 0 Å². The summed E-state index contributed by atoms with van der Waals surface area (Å²) in [5, 5.41) is 0. The van der Waals surface area contributed by atoms with Crippen molar-refractivity contribution in [1.82, 2.24) is 14.9 Å². The molecule has 0 bridgehead atoms. The number of carbonyl (C=O) groups is 1. The van der Waals surface area contributed by atoms with E-state index in [1.165, 1.54) is 47.1 Å². The summed E-state index contributed by atoms with van der Waals surface area (Å²) in [5.41, 5.74) is 8.32. The maximum Gasteiger partial charge on any atom is 0.225 e. The quantitative estimate of drug-likeness (QED) is 0.236. The van der Waals surface area contributed by atoms with Crippen LogP contribution in [0.5, 0.6) is 0 Å². The number of H-pyrrole nitrogens is 1. The third kappa shape index (κ3) is 6.27. The Hall–Kier alpha value is -3.40. The van der Waals surface area contributed by atoms with Crippen molar-refractivity contribution in [1.29, 1.82) is 0 Å². The van der Waals surface area contributed by atoms with E-state index in [-0.39, 0.29) is 5.92 Å². The van der Waals surface area contributed by atoms with E-state index in [4.69, 9.17) is 0 Å². The lowest BCUT2D eigenvalue weighted by Crippen LogP contribution is -2.38. The molecule has 1 amide bonds. The topological polar surface area (TPSA) is 49.0 Å². The number of aromatic amines is 1. The summed E-state index contributed by atoms with van der Waals surface area (Å²) in [6.45, 7) is 9.97. The van der Waals surface area contributed by atoms with E-state index in [9.17, 15) is 4.79 Å². The van der Waals surface area contributed by atoms with Gasteiger partial charge in [0.25, 0.3) is 0 Å². The van der Waals surface area contributed by atoms with Crippen LogP contribution in [0, 0.1) is 25.7 Å². The Balaban J connectivity index is 1.30. The molecule has 39 heavy (non-hydrogen) atoms. The molecule has 1 saturated carbocycles. The molecule has 1 aliphatic rings. The average Bonchev–Trinajstić information content (AvgIpc) is 3.15. The maximum absolute atomic E-state index is 13.9.